The van der Waals surface area contributed by atoms with Gasteiger partial charge in [-0.2, -0.15) is 0 Å². The van der Waals surface area contributed by atoms with Gasteiger partial charge in [-0.3, -0.25) is 0 Å². The smallest absolute Gasteiger partial charge is 0.124 e. The molecule has 1 aromatic carbocycles. The van der Waals surface area contributed by atoms with Crippen LogP contribution in [0.4, 0.5) is 5.69 Å². The maximum absolute atomic E-state index is 10.3. The molecule has 0 spiro atoms. The van der Waals surface area contributed by atoms with Gasteiger partial charge in [0.2, 0.25) is 0 Å². The van der Waals surface area contributed by atoms with Gasteiger partial charge < -0.3 is 15.0 Å². The molecule has 15 heavy (non-hydrogen) atoms. The van der Waals surface area contributed by atoms with Gasteiger partial charge >= 0.3 is 0 Å². The molecule has 0 aliphatic rings. The summed E-state index contributed by atoms with van der Waals surface area (Å²) in [5.74, 6) is 0. The van der Waals surface area contributed by atoms with Crippen LogP contribution in [0.2, 0.25) is 0 Å². The van der Waals surface area contributed by atoms with Crippen LogP contribution in [0.25, 0.3) is 0 Å². The molecule has 0 fully saturated rings. The summed E-state index contributed by atoms with van der Waals surface area (Å²) in [5, 5.41) is 3.32. The molecule has 0 heterocycles. The van der Waals surface area contributed by atoms with Crippen LogP contribution in [0, 0.1) is 0 Å². The minimum absolute atomic E-state index is 0.498. The van der Waals surface area contributed by atoms with Crippen LogP contribution in [0.15, 0.2) is 24.3 Å². The van der Waals surface area contributed by atoms with Crippen LogP contribution < -0.4 is 5.32 Å². The Balaban J connectivity index is 2.39. The van der Waals surface area contributed by atoms with Crippen molar-refractivity contribution in [3.05, 3.63) is 29.8 Å². The molecule has 3 heteroatoms. The minimum Gasteiger partial charge on any atom is -0.384 e. The lowest BCUT2D eigenvalue weighted by Crippen LogP contribution is -2.20. The predicted octanol–water partition coefficient (Wildman–Crippen LogP) is 1.40. The van der Waals surface area contributed by atoms with E-state index in [2.05, 4.69) is 24.3 Å². The van der Waals surface area contributed by atoms with E-state index in [1.54, 1.807) is 0 Å². The van der Waals surface area contributed by atoms with E-state index >= 15 is 0 Å². The molecule has 0 amide bonds. The Hall–Kier alpha value is -1.35. The van der Waals surface area contributed by atoms with Crippen molar-refractivity contribution in [1.82, 2.24) is 4.90 Å². The van der Waals surface area contributed by atoms with Gasteiger partial charge in [-0.1, -0.05) is 12.1 Å². The number of aldehydes is 1. The molecule has 1 aromatic rings. The van der Waals surface area contributed by atoms with Gasteiger partial charge in [0.05, 0.1) is 0 Å². The SMILES string of the molecule is CN(C)CCNc1ccc(CC=O)cc1. The molecular formula is C12H18N2O. The van der Waals surface area contributed by atoms with Crippen molar-refractivity contribution in [2.75, 3.05) is 32.5 Å². The molecule has 0 bridgehead atoms. The Morgan fingerprint density at radius 2 is 1.93 bits per heavy atom. The molecule has 0 aliphatic heterocycles. The largest absolute Gasteiger partial charge is 0.384 e. The van der Waals surface area contributed by atoms with E-state index in [1.165, 1.54) is 0 Å². The van der Waals surface area contributed by atoms with Gasteiger partial charge in [-0.15, -0.1) is 0 Å². The van der Waals surface area contributed by atoms with Crippen molar-refractivity contribution in [3.63, 3.8) is 0 Å². The van der Waals surface area contributed by atoms with E-state index in [0.717, 1.165) is 30.6 Å². The van der Waals surface area contributed by atoms with E-state index in [0.29, 0.717) is 6.42 Å². The highest BCUT2D eigenvalue weighted by atomic mass is 16.1. The summed E-state index contributed by atoms with van der Waals surface area (Å²) < 4.78 is 0. The molecule has 1 rings (SSSR count). The Kier molecular flexibility index (Phi) is 4.84. The highest BCUT2D eigenvalue weighted by Crippen LogP contribution is 2.08. The average molecular weight is 206 g/mol. The third kappa shape index (κ3) is 4.61. The third-order valence-corrected chi connectivity index (χ3v) is 2.16. The lowest BCUT2D eigenvalue weighted by Gasteiger charge is -2.11. The van der Waals surface area contributed by atoms with Crippen LogP contribution in [0.5, 0.6) is 0 Å². The first-order valence-corrected chi connectivity index (χ1v) is 5.13. The average Bonchev–Trinajstić information content (AvgIpc) is 2.20. The highest BCUT2D eigenvalue weighted by Gasteiger charge is 1.94. The highest BCUT2D eigenvalue weighted by molar-refractivity contribution is 5.56. The quantitative estimate of drug-likeness (QED) is 0.714. The first-order chi connectivity index (χ1) is 7.22. The van der Waals surface area contributed by atoms with E-state index in [9.17, 15) is 4.79 Å². The zero-order valence-electron chi connectivity index (χ0n) is 9.36. The third-order valence-electron chi connectivity index (χ3n) is 2.16. The van der Waals surface area contributed by atoms with Crippen LogP contribution in [0.3, 0.4) is 0 Å². The molecule has 0 atom stereocenters. The van der Waals surface area contributed by atoms with Crippen LogP contribution in [-0.2, 0) is 11.2 Å². The van der Waals surface area contributed by atoms with Gasteiger partial charge in [0, 0.05) is 25.2 Å². The summed E-state index contributed by atoms with van der Waals surface area (Å²) in [6, 6.07) is 7.97. The van der Waals surface area contributed by atoms with Crippen molar-refractivity contribution >= 4 is 12.0 Å². The Morgan fingerprint density at radius 3 is 2.47 bits per heavy atom. The number of likely N-dealkylation sites (N-methyl/N-ethyl adjacent to an activating group) is 1. The van der Waals surface area contributed by atoms with Gasteiger partial charge in [0.1, 0.15) is 6.29 Å². The molecule has 82 valence electrons. The number of nitrogens with one attached hydrogen (secondary N) is 1. The lowest BCUT2D eigenvalue weighted by molar-refractivity contribution is -0.107. The number of carbonyl (C=O) groups is 1. The summed E-state index contributed by atoms with van der Waals surface area (Å²) >= 11 is 0. The summed E-state index contributed by atoms with van der Waals surface area (Å²) in [5.41, 5.74) is 2.16. The first kappa shape index (κ1) is 11.7. The molecule has 0 saturated carbocycles. The number of hydrogen-bond acceptors (Lipinski definition) is 3. The van der Waals surface area contributed by atoms with Crippen LogP contribution >= 0.6 is 0 Å². The fourth-order valence-corrected chi connectivity index (χ4v) is 1.28. The maximum Gasteiger partial charge on any atom is 0.124 e. The monoisotopic (exact) mass is 206 g/mol. The summed E-state index contributed by atoms with van der Waals surface area (Å²) in [4.78, 5) is 12.4. The van der Waals surface area contributed by atoms with Crippen LogP contribution in [-0.4, -0.2) is 38.4 Å². The predicted molar refractivity (Wildman–Crippen MR) is 63.3 cm³/mol. The lowest BCUT2D eigenvalue weighted by atomic mass is 10.1. The fraction of sp³-hybridized carbons (Fsp3) is 0.417. The van der Waals surface area contributed by atoms with Crippen molar-refractivity contribution in [1.29, 1.82) is 0 Å². The molecular weight excluding hydrogens is 188 g/mol. The molecule has 1 N–H and O–H groups in total. The molecule has 0 saturated heterocycles. The van der Waals surface area contributed by atoms with Gasteiger partial charge in [-0.25, -0.2) is 0 Å². The summed E-state index contributed by atoms with van der Waals surface area (Å²) in [6.45, 7) is 1.94. The topological polar surface area (TPSA) is 32.3 Å². The standard InChI is InChI=1S/C12H18N2O/c1-14(2)9-8-13-12-5-3-11(4-6-12)7-10-15/h3-6,10,13H,7-9H2,1-2H3. The van der Waals surface area contributed by atoms with Crippen molar-refractivity contribution in [2.24, 2.45) is 0 Å². The molecule has 0 unspecified atom stereocenters. The Bertz CT molecular complexity index is 293. The number of benzene rings is 1. The number of anilines is 1. The molecule has 0 aromatic heterocycles. The summed E-state index contributed by atoms with van der Waals surface area (Å²) in [6.07, 6.45) is 1.42. The molecule has 0 aliphatic carbocycles. The fourth-order valence-electron chi connectivity index (χ4n) is 1.28. The number of nitrogens with zero attached hydrogens (tertiary/aromatic N) is 1. The number of rotatable bonds is 6. The summed E-state index contributed by atoms with van der Waals surface area (Å²) in [7, 11) is 4.10. The first-order valence-electron chi connectivity index (χ1n) is 5.13. The maximum atomic E-state index is 10.3. The van der Waals surface area contributed by atoms with Crippen LogP contribution in [0.1, 0.15) is 5.56 Å². The number of hydrogen-bond donors (Lipinski definition) is 1. The van der Waals surface area contributed by atoms with Gasteiger partial charge in [0.15, 0.2) is 0 Å². The Morgan fingerprint density at radius 1 is 1.27 bits per heavy atom. The molecule has 0 radical (unpaired) electrons. The Labute approximate surface area is 91.1 Å². The van der Waals surface area contributed by atoms with Gasteiger partial charge in [0.25, 0.3) is 0 Å². The number of carbonyl (C=O) groups excluding carboxylic acids is 1. The second kappa shape index (κ2) is 6.19. The van der Waals surface area contributed by atoms with E-state index < -0.39 is 0 Å². The normalized spacial score (nSPS) is 10.3. The van der Waals surface area contributed by atoms with E-state index in [4.69, 9.17) is 0 Å². The van der Waals surface area contributed by atoms with E-state index in [-0.39, 0.29) is 0 Å². The van der Waals surface area contributed by atoms with Crippen molar-refractivity contribution < 1.29 is 4.79 Å². The van der Waals surface area contributed by atoms with Crippen molar-refractivity contribution in [2.45, 2.75) is 6.42 Å². The zero-order valence-corrected chi connectivity index (χ0v) is 9.36. The second-order valence-corrected chi connectivity index (χ2v) is 3.80. The van der Waals surface area contributed by atoms with Crippen molar-refractivity contribution in [3.8, 4) is 0 Å². The van der Waals surface area contributed by atoms with E-state index in [1.807, 2.05) is 24.3 Å². The molecule has 3 nitrogen and oxygen atoms in total. The van der Waals surface area contributed by atoms with Gasteiger partial charge in [-0.05, 0) is 31.8 Å². The zero-order chi connectivity index (χ0) is 11.1. The second-order valence-electron chi connectivity index (χ2n) is 3.80. The minimum atomic E-state index is 0.498.